The first-order valence-corrected chi connectivity index (χ1v) is 10.4. The molecule has 0 bridgehead atoms. The van der Waals surface area contributed by atoms with Crippen molar-refractivity contribution in [1.82, 2.24) is 5.32 Å². The Morgan fingerprint density at radius 3 is 2.85 bits per heavy atom. The van der Waals surface area contributed by atoms with Crippen LogP contribution in [0.4, 0.5) is 4.39 Å². The van der Waals surface area contributed by atoms with Gasteiger partial charge in [-0.2, -0.15) is 0 Å². The van der Waals surface area contributed by atoms with E-state index in [9.17, 15) is 9.18 Å². The zero-order valence-corrected chi connectivity index (χ0v) is 15.8. The minimum absolute atomic E-state index is 0.0384. The first-order chi connectivity index (χ1) is 12.7. The fourth-order valence-electron chi connectivity index (χ4n) is 3.55. The Bertz CT molecular complexity index is 891. The second kappa shape index (κ2) is 7.70. The molecule has 2 N–H and O–H groups in total. The van der Waals surface area contributed by atoms with E-state index in [1.165, 1.54) is 26.3 Å². The molecule has 3 aromatic rings. The summed E-state index contributed by atoms with van der Waals surface area (Å²) in [6.07, 6.45) is 1.00. The van der Waals surface area contributed by atoms with Gasteiger partial charge >= 0.3 is 0 Å². The van der Waals surface area contributed by atoms with Crippen LogP contribution in [0.5, 0.6) is 0 Å². The molecule has 2 atom stereocenters. The highest BCUT2D eigenvalue weighted by atomic mass is 32.1. The number of hydrogen-bond acceptors (Lipinski definition) is 3. The molecule has 1 amide bonds. The molecule has 1 unspecified atom stereocenters. The van der Waals surface area contributed by atoms with E-state index >= 15 is 0 Å². The van der Waals surface area contributed by atoms with Crippen LogP contribution in [-0.2, 0) is 17.8 Å². The SMILES string of the molecule is O=C(C[NH+]1CCc2sccc2[C@H]1c1cccs1)NCc1ccccc1F. The van der Waals surface area contributed by atoms with Gasteiger partial charge in [0.05, 0.1) is 11.4 Å². The summed E-state index contributed by atoms with van der Waals surface area (Å²) in [5, 5.41) is 7.11. The average Bonchev–Trinajstić information content (AvgIpc) is 3.32. The zero-order valence-electron chi connectivity index (χ0n) is 14.2. The van der Waals surface area contributed by atoms with Gasteiger partial charge in [-0.25, -0.2) is 4.39 Å². The largest absolute Gasteiger partial charge is 0.347 e. The molecule has 0 saturated carbocycles. The lowest BCUT2D eigenvalue weighted by Gasteiger charge is -2.31. The third-order valence-electron chi connectivity index (χ3n) is 4.82. The molecule has 1 aromatic carbocycles. The molecule has 3 nitrogen and oxygen atoms in total. The van der Waals surface area contributed by atoms with E-state index in [4.69, 9.17) is 0 Å². The molecule has 0 aliphatic carbocycles. The smallest absolute Gasteiger partial charge is 0.275 e. The highest BCUT2D eigenvalue weighted by Gasteiger charge is 2.35. The first kappa shape index (κ1) is 17.4. The van der Waals surface area contributed by atoms with Crippen molar-refractivity contribution >= 4 is 28.6 Å². The number of fused-ring (bicyclic) bond motifs is 1. The molecule has 3 heterocycles. The number of nitrogens with one attached hydrogen (secondary N) is 2. The maximum atomic E-state index is 13.7. The molecule has 2 aromatic heterocycles. The van der Waals surface area contributed by atoms with Gasteiger partial charge in [-0.15, -0.1) is 22.7 Å². The molecule has 0 saturated heterocycles. The summed E-state index contributed by atoms with van der Waals surface area (Å²) in [5.41, 5.74) is 1.87. The fraction of sp³-hybridized carbons (Fsp3) is 0.250. The van der Waals surface area contributed by atoms with Crippen molar-refractivity contribution in [3.8, 4) is 0 Å². The zero-order chi connectivity index (χ0) is 17.9. The molecule has 0 spiro atoms. The van der Waals surface area contributed by atoms with Gasteiger partial charge in [0, 0.05) is 29.0 Å². The molecule has 1 aliphatic heterocycles. The molecule has 26 heavy (non-hydrogen) atoms. The molecule has 134 valence electrons. The first-order valence-electron chi connectivity index (χ1n) is 8.66. The summed E-state index contributed by atoms with van der Waals surface area (Å²) >= 11 is 3.55. The highest BCUT2D eigenvalue weighted by Crippen LogP contribution is 2.31. The second-order valence-electron chi connectivity index (χ2n) is 6.45. The van der Waals surface area contributed by atoms with Gasteiger partial charge in [0.1, 0.15) is 11.9 Å². The third kappa shape index (κ3) is 3.58. The lowest BCUT2D eigenvalue weighted by atomic mass is 9.98. The van der Waals surface area contributed by atoms with Crippen LogP contribution in [0.1, 0.15) is 26.9 Å². The topological polar surface area (TPSA) is 33.5 Å². The van der Waals surface area contributed by atoms with E-state index in [-0.39, 0.29) is 24.3 Å². The van der Waals surface area contributed by atoms with Crippen molar-refractivity contribution in [3.05, 3.63) is 79.9 Å². The van der Waals surface area contributed by atoms with Crippen molar-refractivity contribution in [2.45, 2.75) is 19.0 Å². The summed E-state index contributed by atoms with van der Waals surface area (Å²) in [6.45, 7) is 1.56. The van der Waals surface area contributed by atoms with E-state index < -0.39 is 0 Å². The van der Waals surface area contributed by atoms with E-state index in [0.29, 0.717) is 12.1 Å². The van der Waals surface area contributed by atoms with E-state index in [0.717, 1.165) is 13.0 Å². The minimum Gasteiger partial charge on any atom is -0.347 e. The molecular weight excluding hydrogens is 367 g/mol. The standard InChI is InChI=1S/C20H19FN2OS2/c21-16-5-2-1-4-14(16)12-22-19(24)13-23-9-7-17-15(8-11-26-17)20(23)18-6-3-10-25-18/h1-6,8,10-11,20H,7,9,12-13H2,(H,22,24)/p+1/t20-/m0/s1. The molecule has 1 aliphatic rings. The van der Waals surface area contributed by atoms with Gasteiger partial charge in [-0.3, -0.25) is 4.79 Å². The Morgan fingerprint density at radius 1 is 1.15 bits per heavy atom. The van der Waals surface area contributed by atoms with E-state index in [1.807, 2.05) is 0 Å². The number of halogens is 1. The maximum Gasteiger partial charge on any atom is 0.275 e. The van der Waals surface area contributed by atoms with Crippen LogP contribution in [0.3, 0.4) is 0 Å². The molecule has 0 radical (unpaired) electrons. The van der Waals surface area contributed by atoms with Crippen molar-refractivity contribution in [1.29, 1.82) is 0 Å². The van der Waals surface area contributed by atoms with E-state index in [1.54, 1.807) is 40.9 Å². The van der Waals surface area contributed by atoms with Crippen LogP contribution < -0.4 is 10.2 Å². The number of hydrogen-bond donors (Lipinski definition) is 2. The number of rotatable bonds is 5. The molecule has 6 heteroatoms. The number of thiophene rings is 2. The summed E-state index contributed by atoms with van der Waals surface area (Å²) in [4.78, 5) is 16.5. The predicted octanol–water partition coefficient (Wildman–Crippen LogP) is 2.80. The monoisotopic (exact) mass is 387 g/mol. The lowest BCUT2D eigenvalue weighted by molar-refractivity contribution is -0.919. The van der Waals surface area contributed by atoms with Crippen molar-refractivity contribution in [2.24, 2.45) is 0 Å². The highest BCUT2D eigenvalue weighted by molar-refractivity contribution is 7.10. The number of quaternary nitrogens is 1. The van der Waals surface area contributed by atoms with Crippen molar-refractivity contribution in [3.63, 3.8) is 0 Å². The number of amides is 1. The van der Waals surface area contributed by atoms with Gasteiger partial charge < -0.3 is 10.2 Å². The van der Waals surface area contributed by atoms with Crippen LogP contribution in [0.15, 0.2) is 53.2 Å². The van der Waals surface area contributed by atoms with Crippen LogP contribution in [0.2, 0.25) is 0 Å². The number of carbonyl (C=O) groups excluding carboxylic acids is 1. The van der Waals surface area contributed by atoms with Gasteiger partial charge in [0.25, 0.3) is 5.91 Å². The Labute approximate surface area is 160 Å². The fourth-order valence-corrected chi connectivity index (χ4v) is 5.38. The van der Waals surface area contributed by atoms with Gasteiger partial charge in [0.15, 0.2) is 6.54 Å². The quantitative estimate of drug-likeness (QED) is 0.694. The van der Waals surface area contributed by atoms with Crippen molar-refractivity contribution < 1.29 is 14.1 Å². The Balaban J connectivity index is 1.46. The van der Waals surface area contributed by atoms with Gasteiger partial charge in [-0.05, 0) is 29.0 Å². The van der Waals surface area contributed by atoms with E-state index in [2.05, 4.69) is 34.3 Å². The van der Waals surface area contributed by atoms with Crippen LogP contribution in [0, 0.1) is 5.82 Å². The minimum atomic E-state index is -0.280. The second-order valence-corrected chi connectivity index (χ2v) is 8.43. The molecular formula is C20H20FN2OS2+. The molecule has 0 fully saturated rings. The third-order valence-corrected chi connectivity index (χ3v) is 6.76. The van der Waals surface area contributed by atoms with Gasteiger partial charge in [-0.1, -0.05) is 24.3 Å². The molecule has 4 rings (SSSR count). The summed E-state index contributed by atoms with van der Waals surface area (Å²) in [5.74, 6) is -0.319. The Kier molecular flexibility index (Phi) is 5.15. The number of benzene rings is 1. The van der Waals surface area contributed by atoms with Gasteiger partial charge in [0.2, 0.25) is 0 Å². The average molecular weight is 388 g/mol. The van der Waals surface area contributed by atoms with Crippen LogP contribution in [0.25, 0.3) is 0 Å². The van der Waals surface area contributed by atoms with Crippen LogP contribution >= 0.6 is 22.7 Å². The summed E-state index contributed by atoms with van der Waals surface area (Å²) < 4.78 is 13.7. The lowest BCUT2D eigenvalue weighted by Crippen LogP contribution is -3.14. The maximum absolute atomic E-state index is 13.7. The normalized spacial score (nSPS) is 19.1. The number of carbonyl (C=O) groups is 1. The van der Waals surface area contributed by atoms with Crippen LogP contribution in [-0.4, -0.2) is 19.0 Å². The summed E-state index contributed by atoms with van der Waals surface area (Å²) in [7, 11) is 0. The Morgan fingerprint density at radius 2 is 2.04 bits per heavy atom. The predicted molar refractivity (Wildman–Crippen MR) is 103 cm³/mol. The summed E-state index contributed by atoms with van der Waals surface area (Å²) in [6, 6.07) is 13.2. The Hall–Kier alpha value is -2.02. The van der Waals surface area contributed by atoms with Crippen molar-refractivity contribution in [2.75, 3.05) is 13.1 Å².